The van der Waals surface area contributed by atoms with E-state index in [1.54, 1.807) is 6.07 Å². The minimum Gasteiger partial charge on any atom is -0.393 e. The summed E-state index contributed by atoms with van der Waals surface area (Å²) in [6.07, 6.45) is 1.45. The van der Waals surface area contributed by atoms with E-state index in [4.69, 9.17) is 22.7 Å². The predicted molar refractivity (Wildman–Crippen MR) is 85.0 cm³/mol. The van der Waals surface area contributed by atoms with Crippen LogP contribution in [0, 0.1) is 0 Å². The van der Waals surface area contributed by atoms with E-state index in [0.717, 1.165) is 12.0 Å². The first kappa shape index (κ1) is 16.6. The van der Waals surface area contributed by atoms with Crippen molar-refractivity contribution in [3.63, 3.8) is 0 Å². The highest BCUT2D eigenvalue weighted by atomic mass is 32.1. The van der Waals surface area contributed by atoms with Crippen molar-refractivity contribution >= 4 is 23.1 Å². The molecule has 1 aromatic rings. The molecule has 20 heavy (non-hydrogen) atoms. The Balaban J connectivity index is 2.49. The van der Waals surface area contributed by atoms with Gasteiger partial charge in [-0.15, -0.1) is 0 Å². The molecule has 110 valence electrons. The Morgan fingerprint density at radius 1 is 1.40 bits per heavy atom. The van der Waals surface area contributed by atoms with Gasteiger partial charge in [0.25, 0.3) is 5.91 Å². The fraction of sp³-hybridized carbons (Fsp3) is 0.467. The number of nitrogens with two attached hydrogens (primary N) is 1. The van der Waals surface area contributed by atoms with Crippen LogP contribution in [0.1, 0.15) is 36.2 Å². The average Bonchev–Trinajstić information content (AvgIpc) is 2.37. The molecule has 0 unspecified atom stereocenters. The van der Waals surface area contributed by atoms with E-state index in [0.29, 0.717) is 30.1 Å². The number of thiocarbonyl (C=S) groups is 1. The first-order valence-electron chi connectivity index (χ1n) is 6.76. The van der Waals surface area contributed by atoms with Crippen LogP contribution in [0.2, 0.25) is 0 Å². The van der Waals surface area contributed by atoms with Crippen LogP contribution in [0.15, 0.2) is 24.3 Å². The molecule has 0 aliphatic heterocycles. The number of benzene rings is 1. The van der Waals surface area contributed by atoms with Crippen LogP contribution in [0.25, 0.3) is 0 Å². The van der Waals surface area contributed by atoms with Crippen molar-refractivity contribution in [2.45, 2.75) is 32.8 Å². The molecule has 0 fully saturated rings. The summed E-state index contributed by atoms with van der Waals surface area (Å²) in [5.74, 6) is -0.0959. The molecule has 0 aliphatic rings. The molecule has 4 nitrogen and oxygen atoms in total. The van der Waals surface area contributed by atoms with Gasteiger partial charge in [0, 0.05) is 25.1 Å². The van der Waals surface area contributed by atoms with Crippen LogP contribution in [-0.4, -0.2) is 30.2 Å². The van der Waals surface area contributed by atoms with Crippen LogP contribution in [0.3, 0.4) is 0 Å². The van der Waals surface area contributed by atoms with Gasteiger partial charge in [0.2, 0.25) is 0 Å². The molecule has 5 heteroatoms. The van der Waals surface area contributed by atoms with Gasteiger partial charge in [-0.3, -0.25) is 4.79 Å². The maximum absolute atomic E-state index is 12.1. The van der Waals surface area contributed by atoms with Crippen LogP contribution in [-0.2, 0) is 11.2 Å². The molecular weight excluding hydrogens is 272 g/mol. The number of carbonyl (C=O) groups excluding carboxylic acids is 1. The third-order valence-corrected chi connectivity index (χ3v) is 2.83. The molecule has 0 aromatic heterocycles. The molecule has 0 saturated heterocycles. The molecule has 0 bridgehead atoms. The second kappa shape index (κ2) is 8.66. The molecule has 0 radical (unpaired) electrons. The van der Waals surface area contributed by atoms with Crippen molar-refractivity contribution in [3.05, 3.63) is 35.4 Å². The lowest BCUT2D eigenvalue weighted by atomic mass is 10.0. The van der Waals surface area contributed by atoms with Crippen molar-refractivity contribution in [3.8, 4) is 0 Å². The van der Waals surface area contributed by atoms with Crippen LogP contribution < -0.4 is 11.1 Å². The predicted octanol–water partition coefficient (Wildman–Crippen LogP) is 2.06. The van der Waals surface area contributed by atoms with Crippen LogP contribution in [0.5, 0.6) is 0 Å². The number of carbonyl (C=O) groups is 1. The number of rotatable bonds is 8. The van der Waals surface area contributed by atoms with Gasteiger partial charge in [0.15, 0.2) is 0 Å². The summed E-state index contributed by atoms with van der Waals surface area (Å²) in [4.78, 5) is 12.5. The van der Waals surface area contributed by atoms with E-state index >= 15 is 0 Å². The molecule has 1 aromatic carbocycles. The highest BCUT2D eigenvalue weighted by molar-refractivity contribution is 7.80. The molecule has 0 atom stereocenters. The van der Waals surface area contributed by atoms with Gasteiger partial charge in [-0.1, -0.05) is 30.4 Å². The molecule has 0 heterocycles. The maximum Gasteiger partial charge on any atom is 0.251 e. The highest BCUT2D eigenvalue weighted by Crippen LogP contribution is 2.09. The van der Waals surface area contributed by atoms with Crippen LogP contribution in [0.4, 0.5) is 0 Å². The van der Waals surface area contributed by atoms with Gasteiger partial charge in [0.05, 0.1) is 11.1 Å². The van der Waals surface area contributed by atoms with Crippen molar-refractivity contribution in [1.82, 2.24) is 5.32 Å². The zero-order valence-corrected chi connectivity index (χ0v) is 12.8. The third-order valence-electron chi connectivity index (χ3n) is 2.68. The lowest BCUT2D eigenvalue weighted by Crippen LogP contribution is -2.27. The number of hydrogen-bond acceptors (Lipinski definition) is 3. The minimum absolute atomic E-state index is 0.0959. The van der Waals surface area contributed by atoms with Gasteiger partial charge in [-0.2, -0.15) is 0 Å². The lowest BCUT2D eigenvalue weighted by Gasteiger charge is -2.10. The number of ether oxygens (including phenoxy) is 1. The fourth-order valence-corrected chi connectivity index (χ4v) is 1.93. The smallest absolute Gasteiger partial charge is 0.251 e. The molecule has 1 rings (SSSR count). The number of nitrogens with one attached hydrogen (secondary N) is 1. The topological polar surface area (TPSA) is 64.3 Å². The average molecular weight is 294 g/mol. The SMILES string of the molecule is CC(C)OCCCNC(=O)c1ccccc1CC(N)=S. The first-order chi connectivity index (χ1) is 9.50. The highest BCUT2D eigenvalue weighted by Gasteiger charge is 2.10. The van der Waals surface area contributed by atoms with E-state index in [9.17, 15) is 4.79 Å². The summed E-state index contributed by atoms with van der Waals surface area (Å²) in [6.45, 7) is 5.22. The fourth-order valence-electron chi connectivity index (χ4n) is 1.77. The lowest BCUT2D eigenvalue weighted by molar-refractivity contribution is 0.0757. The Morgan fingerprint density at radius 2 is 2.10 bits per heavy atom. The van der Waals surface area contributed by atoms with Crippen LogP contribution >= 0.6 is 12.2 Å². The quantitative estimate of drug-likeness (QED) is 0.569. The monoisotopic (exact) mass is 294 g/mol. The number of hydrogen-bond donors (Lipinski definition) is 2. The van der Waals surface area contributed by atoms with Gasteiger partial charge < -0.3 is 15.8 Å². The normalized spacial score (nSPS) is 10.6. The van der Waals surface area contributed by atoms with E-state index in [1.807, 2.05) is 32.0 Å². The van der Waals surface area contributed by atoms with Gasteiger partial charge in [-0.25, -0.2) is 0 Å². The summed E-state index contributed by atoms with van der Waals surface area (Å²) in [7, 11) is 0. The Bertz CT molecular complexity index is 461. The molecule has 0 aliphatic carbocycles. The van der Waals surface area contributed by atoms with Crippen molar-refractivity contribution in [2.24, 2.45) is 5.73 Å². The summed E-state index contributed by atoms with van der Waals surface area (Å²) >= 11 is 4.90. The Kier molecular flexibility index (Phi) is 7.18. The maximum atomic E-state index is 12.1. The van der Waals surface area contributed by atoms with Crippen molar-refractivity contribution < 1.29 is 9.53 Å². The molecular formula is C15H22N2O2S. The minimum atomic E-state index is -0.0959. The zero-order chi connectivity index (χ0) is 15.0. The standard InChI is InChI=1S/C15H22N2O2S/c1-11(2)19-9-5-8-17-15(18)13-7-4-3-6-12(13)10-14(16)20/h3-4,6-7,11H,5,8-10H2,1-2H3,(H2,16,20)(H,17,18). The van der Waals surface area contributed by atoms with E-state index in [1.165, 1.54) is 0 Å². The second-order valence-electron chi connectivity index (χ2n) is 4.83. The summed E-state index contributed by atoms with van der Waals surface area (Å²) in [6, 6.07) is 7.37. The molecule has 3 N–H and O–H groups in total. The Hall–Kier alpha value is -1.46. The largest absolute Gasteiger partial charge is 0.393 e. The molecule has 0 spiro atoms. The Labute approximate surface area is 125 Å². The van der Waals surface area contributed by atoms with Gasteiger partial charge in [-0.05, 0) is 31.9 Å². The molecule has 0 saturated carbocycles. The summed E-state index contributed by atoms with van der Waals surface area (Å²) in [5.41, 5.74) is 7.03. The van der Waals surface area contributed by atoms with E-state index in [-0.39, 0.29) is 12.0 Å². The van der Waals surface area contributed by atoms with Gasteiger partial charge in [0.1, 0.15) is 0 Å². The Morgan fingerprint density at radius 3 is 2.75 bits per heavy atom. The van der Waals surface area contributed by atoms with Crippen molar-refractivity contribution in [2.75, 3.05) is 13.2 Å². The summed E-state index contributed by atoms with van der Waals surface area (Å²) in [5, 5.41) is 2.88. The number of amides is 1. The second-order valence-corrected chi connectivity index (χ2v) is 5.35. The van der Waals surface area contributed by atoms with Gasteiger partial charge >= 0.3 is 0 Å². The van der Waals surface area contributed by atoms with E-state index < -0.39 is 0 Å². The summed E-state index contributed by atoms with van der Waals surface area (Å²) < 4.78 is 5.42. The third kappa shape index (κ3) is 6.12. The first-order valence-corrected chi connectivity index (χ1v) is 7.17. The molecule has 1 amide bonds. The zero-order valence-electron chi connectivity index (χ0n) is 12.0. The van der Waals surface area contributed by atoms with Crippen molar-refractivity contribution in [1.29, 1.82) is 0 Å². The van der Waals surface area contributed by atoms with E-state index in [2.05, 4.69) is 5.32 Å².